The number of rotatable bonds is 22. The minimum Gasteiger partial charge on any atom is -0.444 e. The Kier molecular flexibility index (Phi) is 33.5. The summed E-state index contributed by atoms with van der Waals surface area (Å²) < 4.78 is 73.2. The number of nitrogen functional groups attached to an aromatic ring is 2. The van der Waals surface area contributed by atoms with Crippen LogP contribution < -0.4 is 79.8 Å². The zero-order valence-corrected chi connectivity index (χ0v) is 79.9. The lowest BCUT2D eigenvalue weighted by atomic mass is 10.2. The minimum atomic E-state index is -0.657. The molecule has 14 aromatic rings. The first-order valence-electron chi connectivity index (χ1n) is 43.5. The van der Waals surface area contributed by atoms with Gasteiger partial charge >= 0.3 is 35.7 Å². The van der Waals surface area contributed by atoms with E-state index in [0.717, 1.165) is 18.0 Å². The van der Waals surface area contributed by atoms with Gasteiger partial charge in [0.05, 0.1) is 45.9 Å². The molecule has 144 heavy (non-hydrogen) atoms. The first-order chi connectivity index (χ1) is 68.2. The predicted octanol–water partition coefficient (Wildman–Crippen LogP) is 22.6. The number of aromatic nitrogens is 10. The van der Waals surface area contributed by atoms with Crippen molar-refractivity contribution >= 4 is 197 Å². The van der Waals surface area contributed by atoms with E-state index in [9.17, 15) is 66.6 Å². The predicted molar refractivity (Wildman–Crippen MR) is 539 cm³/mol. The first-order valence-corrected chi connectivity index (χ1v) is 43.9. The summed E-state index contributed by atoms with van der Waals surface area (Å²) in [5.74, 6) is 0.550. The molecule has 2 aliphatic rings. The number of anilines is 24. The molecular formula is C98H96ClF4N27O14. The molecule has 46 heteroatoms. The second-order valence-electron chi connectivity index (χ2n) is 35.0. The van der Waals surface area contributed by atoms with Crippen molar-refractivity contribution in [1.29, 1.82) is 0 Å². The number of nitro groups is 2. The van der Waals surface area contributed by atoms with Gasteiger partial charge in [-0.05, 0) is 283 Å². The van der Waals surface area contributed by atoms with Gasteiger partial charge in [-0.3, -0.25) is 60.9 Å². The molecule has 742 valence electrons. The molecule has 7 heterocycles. The van der Waals surface area contributed by atoms with Gasteiger partial charge in [0.25, 0.3) is 0 Å². The second kappa shape index (κ2) is 46.2. The van der Waals surface area contributed by atoms with Gasteiger partial charge in [-0.1, -0.05) is 30.3 Å². The molecule has 0 bridgehead atoms. The van der Waals surface area contributed by atoms with E-state index in [-0.39, 0.29) is 82.3 Å². The molecule has 0 aliphatic carbocycles. The molecule has 0 atom stereocenters. The Morgan fingerprint density at radius 3 is 0.979 bits per heavy atom. The zero-order chi connectivity index (χ0) is 104. The molecular weight excluding hydrogens is 1890 g/mol. The maximum Gasteiger partial charge on any atom is 0.412 e. The maximum absolute atomic E-state index is 13.1. The molecule has 41 nitrogen and oxygen atoms in total. The van der Waals surface area contributed by atoms with E-state index in [2.05, 4.69) is 108 Å². The molecule has 9 aromatic carbocycles. The van der Waals surface area contributed by atoms with Crippen LogP contribution in [0, 0.1) is 43.5 Å². The van der Waals surface area contributed by atoms with Crippen molar-refractivity contribution in [2.75, 3.05) is 79.8 Å². The number of fused-ring (bicyclic) bond motifs is 2. The van der Waals surface area contributed by atoms with E-state index >= 15 is 0 Å². The average Bonchev–Trinajstić information content (AvgIpc) is 1.63. The summed E-state index contributed by atoms with van der Waals surface area (Å²) in [6.45, 7) is 21.2. The number of nitrogens with zero attached hydrogens (tertiary/aromatic N) is 14. The van der Waals surface area contributed by atoms with Crippen LogP contribution in [0.5, 0.6) is 0 Å². The van der Waals surface area contributed by atoms with E-state index in [1.165, 1.54) is 76.7 Å². The Bertz CT molecular complexity index is 7030. The monoisotopic (exact) mass is 1990 g/mol. The van der Waals surface area contributed by atoms with Crippen LogP contribution in [0.25, 0.3) is 0 Å². The fraction of sp³-hybridized carbons (Fsp3) is 0.184. The summed E-state index contributed by atoms with van der Waals surface area (Å²) in [7, 11) is 0. The number of carbonyl (C=O) groups excluding carboxylic acids is 6. The van der Waals surface area contributed by atoms with E-state index in [1.54, 1.807) is 253 Å². The molecule has 6 amide bonds. The lowest BCUT2D eigenvalue weighted by molar-refractivity contribution is -0.384. The van der Waals surface area contributed by atoms with Gasteiger partial charge in [0.1, 0.15) is 69.7 Å². The van der Waals surface area contributed by atoms with Crippen molar-refractivity contribution < 1.29 is 75.1 Å². The van der Waals surface area contributed by atoms with E-state index < -0.39 is 62.4 Å². The Labute approximate surface area is 825 Å². The summed E-state index contributed by atoms with van der Waals surface area (Å²) in [6.07, 6.45) is 4.77. The van der Waals surface area contributed by atoms with Crippen molar-refractivity contribution in [3.63, 3.8) is 0 Å². The highest BCUT2D eigenvalue weighted by Crippen LogP contribution is 2.40. The lowest BCUT2D eigenvalue weighted by Gasteiger charge is -2.21. The summed E-state index contributed by atoms with van der Waals surface area (Å²) in [6, 6.07) is 57.0. The van der Waals surface area contributed by atoms with Crippen molar-refractivity contribution in [2.24, 2.45) is 0 Å². The summed E-state index contributed by atoms with van der Waals surface area (Å²) in [5.41, 5.74) is 18.0. The van der Waals surface area contributed by atoms with Crippen LogP contribution in [-0.4, -0.2) is 118 Å². The van der Waals surface area contributed by atoms with Crippen molar-refractivity contribution in [3.05, 3.63) is 309 Å². The third kappa shape index (κ3) is 32.0. The summed E-state index contributed by atoms with van der Waals surface area (Å²) >= 11 is 5.69. The van der Waals surface area contributed by atoms with E-state index in [0.29, 0.717) is 120 Å². The quantitative estimate of drug-likeness (QED) is 0.00748. The van der Waals surface area contributed by atoms with Crippen LogP contribution in [0.4, 0.5) is 186 Å². The smallest absolute Gasteiger partial charge is 0.412 e. The molecule has 0 saturated carbocycles. The lowest BCUT2D eigenvalue weighted by Crippen LogP contribution is -2.27. The van der Waals surface area contributed by atoms with Crippen molar-refractivity contribution in [2.45, 2.75) is 118 Å². The molecule has 0 spiro atoms. The Balaban J connectivity index is 0.000000161. The van der Waals surface area contributed by atoms with Crippen LogP contribution in [0.3, 0.4) is 0 Å². The van der Waals surface area contributed by atoms with E-state index in [4.69, 9.17) is 42.0 Å². The molecule has 2 aliphatic heterocycles. The number of ether oxygens (including phenoxy) is 4. The molecule has 16 rings (SSSR count). The van der Waals surface area contributed by atoms with Gasteiger partial charge in [-0.15, -0.1) is 0 Å². The third-order valence-electron chi connectivity index (χ3n) is 18.6. The number of nitrogens with two attached hydrogens (primary N) is 2. The largest absolute Gasteiger partial charge is 0.444 e. The number of carbonyl (C=O) groups is 6. The molecule has 5 aromatic heterocycles. The molecule has 0 radical (unpaired) electrons. The van der Waals surface area contributed by atoms with Crippen LogP contribution in [0.15, 0.2) is 249 Å². The minimum absolute atomic E-state index is 0.0561. The topological polar surface area (TPSA) is 545 Å². The number of halogens is 5. The van der Waals surface area contributed by atoms with Gasteiger partial charge < -0.3 is 67.6 Å². The number of benzene rings is 9. The van der Waals surface area contributed by atoms with E-state index in [1.807, 2.05) is 0 Å². The fourth-order valence-electron chi connectivity index (χ4n) is 12.8. The highest BCUT2D eigenvalue weighted by atomic mass is 35.5. The zero-order valence-electron chi connectivity index (χ0n) is 79.1. The number of hydrogen-bond donors (Lipinski definition) is 13. The number of nitrogens with one attached hydrogen (secondary N) is 11. The Hall–Kier alpha value is -18.6. The van der Waals surface area contributed by atoms with Gasteiger partial charge in [-0.2, -0.15) is 24.9 Å². The van der Waals surface area contributed by atoms with Crippen LogP contribution in [0.2, 0.25) is 5.28 Å². The molecule has 0 unspecified atom stereocenters. The molecule has 15 N–H and O–H groups in total. The average molecular weight is 1990 g/mol. The van der Waals surface area contributed by atoms with Crippen molar-refractivity contribution in [1.82, 2.24) is 49.8 Å². The van der Waals surface area contributed by atoms with Gasteiger partial charge in [0.15, 0.2) is 5.82 Å². The van der Waals surface area contributed by atoms with Crippen LogP contribution >= 0.6 is 11.6 Å². The highest BCUT2D eigenvalue weighted by molar-refractivity contribution is 6.28. The Morgan fingerprint density at radius 1 is 0.347 bits per heavy atom. The highest BCUT2D eigenvalue weighted by Gasteiger charge is 2.34. The number of amides is 6. The van der Waals surface area contributed by atoms with Crippen molar-refractivity contribution in [3.8, 4) is 0 Å². The molecule has 0 saturated heterocycles. The summed E-state index contributed by atoms with van der Waals surface area (Å²) in [5, 5.41) is 53.5. The first kappa shape index (κ1) is 104. The fourth-order valence-corrected chi connectivity index (χ4v) is 12.9. The molecule has 0 fully saturated rings. The van der Waals surface area contributed by atoms with Gasteiger partial charge in [-0.25, -0.2) is 61.7 Å². The maximum atomic E-state index is 13.1. The summed E-state index contributed by atoms with van der Waals surface area (Å²) in [4.78, 5) is 139. The Morgan fingerprint density at radius 2 is 0.632 bits per heavy atom. The SMILES string of the molecule is CC(C)(C)OC(=O)Nc1cccc(N2C(=O)Cc3cnc(Nc4ccc(F)cc4)nc32)c1.CC(C)(C)OC(=O)Nc1cccc(Nc2nc(Cl)ncc2[N+](=O)[O-])c1.CC(C)(C)OC(=O)Nc1cccc(Nc2nc(Nc3ccc(F)cc3)ncc2N)c1.CC(C)(C)OC(=O)Nc1cccc(Nc2nc(Nc3ccc(F)cc3)ncc2[N+](=O)[O-])c1.Nc1cccc(N2C(=O)Cc3cnc(Nc4ccc(F)cc4)nc32)c1. The normalized spacial score (nSPS) is 11.7. The number of hydrogen-bond acceptors (Lipinski definition) is 33. The third-order valence-corrected chi connectivity index (χ3v) is 18.8. The van der Waals surface area contributed by atoms with Crippen LogP contribution in [-0.2, 0) is 41.4 Å². The van der Waals surface area contributed by atoms with Crippen LogP contribution in [0.1, 0.15) is 94.2 Å². The van der Waals surface area contributed by atoms with Gasteiger partial charge in [0.2, 0.25) is 52.5 Å². The van der Waals surface area contributed by atoms with Gasteiger partial charge in [0, 0.05) is 91.8 Å². The standard InChI is InChI=1S/C23H22FN5O3.C21H21FN6O4.C21H23FN6O2.C18H14FN5O.C15H16ClN5O4/c1-23(2,3)32-22(31)27-17-5-4-6-18(12-17)29-19(30)11-14-13-25-21(28-20(14)29)26-16-9-7-15(24)8-10-16;1-21(2,3)32-20(29)26-16-6-4-5-15(11-16)24-18-17(28(30)31)12-23-19(27-18)25-14-9-7-13(22)8-10-14;1-21(2,3)30-20(29)27-16-6-4-5-15(11-16)25-18-17(23)12-24-19(28-18)26-14-9-7-13(22)8-10-14;19-12-4-6-14(7-5-12)22-18-21-10-11-8-16(25)24(17(11)23-18)15-3-1-2-13(20)9-15;1-15(2,3)25-14(22)19-10-6-4-5-9(7-10)18-12-11(21(23)24)8-17-13(16)20-12/h4-10,12-13H,11H2,1-3H3,(H,27,31)(H,25,26,28);4-12H,1-3H3,(H,26,29)(H2,23,24,25,27);4-12H,23H2,1-3H3,(H,27,29)(H2,24,25,26,28);1-7,9-10H,8,20H2,(H,21,22,23);4-8H,1-3H3,(H,19,22)(H,17,18,20). The second-order valence-corrected chi connectivity index (χ2v) is 35.3.